The molecule has 0 aliphatic carbocycles. The zero-order valence-electron chi connectivity index (χ0n) is 22.9. The zero-order chi connectivity index (χ0) is 28.3. The van der Waals surface area contributed by atoms with Gasteiger partial charge in [-0.1, -0.05) is 67.6 Å². The van der Waals surface area contributed by atoms with E-state index in [1.165, 1.54) is 0 Å². The number of aryl methyl sites for hydroxylation is 1. The summed E-state index contributed by atoms with van der Waals surface area (Å²) in [7, 11) is 0. The summed E-state index contributed by atoms with van der Waals surface area (Å²) in [6.45, 7) is 2.79. The third-order valence-electron chi connectivity index (χ3n) is 7.77. The van der Waals surface area contributed by atoms with E-state index in [0.717, 1.165) is 22.3 Å². The third-order valence-corrected chi connectivity index (χ3v) is 7.77. The molecule has 4 aromatic carbocycles. The molecule has 2 aliphatic heterocycles. The van der Waals surface area contributed by atoms with Crippen LogP contribution in [0.1, 0.15) is 67.4 Å². The number of rotatable bonds is 7. The van der Waals surface area contributed by atoms with Crippen LogP contribution in [0.25, 0.3) is 0 Å². The smallest absolute Gasteiger partial charge is 0.308 e. The largest absolute Gasteiger partial charge is 0.488 e. The van der Waals surface area contributed by atoms with Gasteiger partial charge in [-0.2, -0.15) is 0 Å². The number of hydrogen-bond donors (Lipinski definition) is 0. The first kappa shape index (κ1) is 26.5. The fraction of sp³-hybridized carbons (Fsp3) is 0.229. The Bertz CT molecular complexity index is 1650. The van der Waals surface area contributed by atoms with Crippen molar-refractivity contribution >= 4 is 17.5 Å². The summed E-state index contributed by atoms with van der Waals surface area (Å²) in [6.07, 6.45) is 1.72. The van der Waals surface area contributed by atoms with Crippen molar-refractivity contribution in [3.8, 4) is 11.5 Å². The van der Waals surface area contributed by atoms with Crippen LogP contribution in [0.15, 0.2) is 84.9 Å². The first-order chi connectivity index (χ1) is 20.0. The van der Waals surface area contributed by atoms with Gasteiger partial charge in [0.25, 0.3) is 0 Å². The predicted octanol–water partition coefficient (Wildman–Crippen LogP) is 6.29. The molecule has 6 heteroatoms. The number of fused-ring (bicyclic) bond motifs is 4. The SMILES string of the molecule is CC(CCc1ccc2c(c1)C(=O)c1ccccc1CO2)C(=O)OCCc1ccc2c(c1)C(=O)c1ccccc1CO2. The summed E-state index contributed by atoms with van der Waals surface area (Å²) in [4.78, 5) is 39.0. The fourth-order valence-electron chi connectivity index (χ4n) is 5.32. The van der Waals surface area contributed by atoms with Crippen LogP contribution in [-0.2, 0) is 35.6 Å². The Morgan fingerprint density at radius 1 is 0.707 bits per heavy atom. The number of carbonyl (C=O) groups is 3. The van der Waals surface area contributed by atoms with Crippen LogP contribution >= 0.6 is 0 Å². The van der Waals surface area contributed by atoms with E-state index in [-0.39, 0.29) is 30.1 Å². The maximum absolute atomic E-state index is 13.2. The molecular formula is C35H30O6. The molecule has 0 aromatic heterocycles. The van der Waals surface area contributed by atoms with Crippen LogP contribution in [0.4, 0.5) is 0 Å². The van der Waals surface area contributed by atoms with Crippen LogP contribution in [0.5, 0.6) is 11.5 Å². The molecule has 6 nitrogen and oxygen atoms in total. The van der Waals surface area contributed by atoms with Crippen molar-refractivity contribution in [2.24, 2.45) is 5.92 Å². The predicted molar refractivity (Wildman–Crippen MR) is 153 cm³/mol. The highest BCUT2D eigenvalue weighted by molar-refractivity contribution is 6.12. The molecule has 0 amide bonds. The summed E-state index contributed by atoms with van der Waals surface area (Å²) in [5.41, 5.74) is 6.02. The van der Waals surface area contributed by atoms with Crippen molar-refractivity contribution < 1.29 is 28.6 Å². The number of esters is 1. The minimum atomic E-state index is -0.306. The molecule has 0 spiro atoms. The van der Waals surface area contributed by atoms with Crippen molar-refractivity contribution in [2.75, 3.05) is 6.61 Å². The molecule has 2 heterocycles. The molecule has 4 aromatic rings. The van der Waals surface area contributed by atoms with Gasteiger partial charge in [0, 0.05) is 28.7 Å². The quantitative estimate of drug-likeness (QED) is 0.254. The number of ether oxygens (including phenoxy) is 3. The molecule has 206 valence electrons. The number of hydrogen-bond acceptors (Lipinski definition) is 6. The second-order valence-corrected chi connectivity index (χ2v) is 10.6. The third kappa shape index (κ3) is 5.50. The van der Waals surface area contributed by atoms with E-state index < -0.39 is 0 Å². The van der Waals surface area contributed by atoms with E-state index in [1.54, 1.807) is 0 Å². The van der Waals surface area contributed by atoms with Gasteiger partial charge in [-0.25, -0.2) is 0 Å². The van der Waals surface area contributed by atoms with Gasteiger partial charge in [0.1, 0.15) is 24.7 Å². The van der Waals surface area contributed by atoms with E-state index in [2.05, 4.69) is 0 Å². The van der Waals surface area contributed by atoms with Crippen molar-refractivity contribution in [1.29, 1.82) is 0 Å². The lowest BCUT2D eigenvalue weighted by atomic mass is 9.95. The Morgan fingerprint density at radius 3 is 1.78 bits per heavy atom. The monoisotopic (exact) mass is 546 g/mol. The molecule has 0 bridgehead atoms. The summed E-state index contributed by atoms with van der Waals surface area (Å²) in [5, 5.41) is 0. The van der Waals surface area contributed by atoms with E-state index in [4.69, 9.17) is 14.2 Å². The summed E-state index contributed by atoms with van der Waals surface area (Å²) >= 11 is 0. The lowest BCUT2D eigenvalue weighted by Crippen LogP contribution is -2.17. The molecule has 0 saturated heterocycles. The number of ketones is 2. The summed E-state index contributed by atoms with van der Waals surface area (Å²) in [5.74, 6) is 0.471. The molecule has 0 radical (unpaired) electrons. The first-order valence-electron chi connectivity index (χ1n) is 13.9. The molecule has 0 saturated carbocycles. The Hall–Kier alpha value is -4.71. The average Bonchev–Trinajstić information content (AvgIpc) is 3.24. The molecule has 1 unspecified atom stereocenters. The van der Waals surface area contributed by atoms with Gasteiger partial charge in [-0.05, 0) is 48.2 Å². The lowest BCUT2D eigenvalue weighted by molar-refractivity contribution is -0.148. The normalized spacial score (nSPS) is 14.2. The van der Waals surface area contributed by atoms with E-state index in [9.17, 15) is 14.4 Å². The van der Waals surface area contributed by atoms with Crippen LogP contribution in [0.3, 0.4) is 0 Å². The number of benzene rings is 4. The van der Waals surface area contributed by atoms with E-state index in [1.807, 2.05) is 91.9 Å². The second-order valence-electron chi connectivity index (χ2n) is 10.6. The molecule has 6 rings (SSSR count). The van der Waals surface area contributed by atoms with Crippen LogP contribution < -0.4 is 9.47 Å². The van der Waals surface area contributed by atoms with Gasteiger partial charge in [-0.3, -0.25) is 14.4 Å². The summed E-state index contributed by atoms with van der Waals surface area (Å²) in [6, 6.07) is 26.2. The van der Waals surface area contributed by atoms with Gasteiger partial charge in [0.05, 0.1) is 23.7 Å². The average molecular weight is 547 g/mol. The molecule has 2 aliphatic rings. The van der Waals surface area contributed by atoms with Gasteiger partial charge >= 0.3 is 5.97 Å². The molecule has 0 fully saturated rings. The van der Waals surface area contributed by atoms with E-state index >= 15 is 0 Å². The van der Waals surface area contributed by atoms with Gasteiger partial charge < -0.3 is 14.2 Å². The minimum absolute atomic E-state index is 0.0438. The molecule has 0 N–H and O–H groups in total. The molecular weight excluding hydrogens is 516 g/mol. The van der Waals surface area contributed by atoms with Crippen molar-refractivity contribution in [1.82, 2.24) is 0 Å². The lowest BCUT2D eigenvalue weighted by Gasteiger charge is -2.13. The highest BCUT2D eigenvalue weighted by Gasteiger charge is 2.24. The standard InChI is InChI=1S/C35H30O6/c1-22(10-11-23-12-14-31-29(18-23)33(36)27-8-4-2-6-25(27)20-40-31)35(38)39-17-16-24-13-15-32-30(19-24)34(37)28-9-5-3-7-26(28)21-41-32/h2-9,12-15,18-19,22H,10-11,16-17,20-21H2,1H3. The Labute approximate surface area is 238 Å². The maximum atomic E-state index is 13.2. The molecule has 41 heavy (non-hydrogen) atoms. The van der Waals surface area contributed by atoms with Crippen LogP contribution in [0.2, 0.25) is 0 Å². The maximum Gasteiger partial charge on any atom is 0.308 e. The van der Waals surface area contributed by atoms with Crippen LogP contribution in [0, 0.1) is 5.92 Å². The topological polar surface area (TPSA) is 78.9 Å². The summed E-state index contributed by atoms with van der Waals surface area (Å²) < 4.78 is 17.3. The van der Waals surface area contributed by atoms with E-state index in [0.29, 0.717) is 66.2 Å². The van der Waals surface area contributed by atoms with Crippen molar-refractivity contribution in [3.63, 3.8) is 0 Å². The Kier molecular flexibility index (Phi) is 7.38. The first-order valence-corrected chi connectivity index (χ1v) is 13.9. The number of carbonyl (C=O) groups excluding carboxylic acids is 3. The highest BCUT2D eigenvalue weighted by Crippen LogP contribution is 2.31. The highest BCUT2D eigenvalue weighted by atomic mass is 16.5. The van der Waals surface area contributed by atoms with Crippen molar-refractivity contribution in [3.05, 3.63) is 129 Å². The van der Waals surface area contributed by atoms with Crippen molar-refractivity contribution in [2.45, 2.75) is 39.4 Å². The van der Waals surface area contributed by atoms with Gasteiger partial charge in [-0.15, -0.1) is 0 Å². The Balaban J connectivity index is 1.03. The zero-order valence-corrected chi connectivity index (χ0v) is 22.9. The van der Waals surface area contributed by atoms with Gasteiger partial charge in [0.2, 0.25) is 0 Å². The minimum Gasteiger partial charge on any atom is -0.488 e. The van der Waals surface area contributed by atoms with Crippen LogP contribution in [-0.4, -0.2) is 24.1 Å². The Morgan fingerprint density at radius 2 is 1.22 bits per heavy atom. The van der Waals surface area contributed by atoms with Gasteiger partial charge in [0.15, 0.2) is 11.6 Å². The second kappa shape index (κ2) is 11.4. The molecule has 1 atom stereocenters. The fourth-order valence-corrected chi connectivity index (χ4v) is 5.32.